The van der Waals surface area contributed by atoms with Crippen LogP contribution in [0, 0.1) is 5.92 Å². The highest BCUT2D eigenvalue weighted by Crippen LogP contribution is 2.26. The number of hydrogen-bond acceptors (Lipinski definition) is 3. The lowest BCUT2D eigenvalue weighted by molar-refractivity contribution is 0.281. The van der Waals surface area contributed by atoms with Gasteiger partial charge in [-0.2, -0.15) is 0 Å². The fraction of sp³-hybridized carbons (Fsp3) is 1.00. The summed E-state index contributed by atoms with van der Waals surface area (Å²) < 4.78 is 23.4. The van der Waals surface area contributed by atoms with E-state index in [1.165, 1.54) is 32.1 Å². The Morgan fingerprint density at radius 2 is 1.82 bits per heavy atom. The topological polar surface area (TPSA) is 46.2 Å². The van der Waals surface area contributed by atoms with Crippen LogP contribution in [0.4, 0.5) is 0 Å². The van der Waals surface area contributed by atoms with Crippen molar-refractivity contribution in [3.63, 3.8) is 0 Å². The lowest BCUT2D eigenvalue weighted by atomic mass is 9.84. The molecule has 1 saturated carbocycles. The van der Waals surface area contributed by atoms with Crippen LogP contribution >= 0.6 is 0 Å². The summed E-state index contributed by atoms with van der Waals surface area (Å²) in [4.78, 5) is 0. The van der Waals surface area contributed by atoms with Gasteiger partial charge in [0.05, 0.1) is 11.0 Å². The average Bonchev–Trinajstić information content (AvgIpc) is 2.66. The normalized spacial score (nSPS) is 31.5. The first-order chi connectivity index (χ1) is 8.09. The fourth-order valence-corrected chi connectivity index (χ4v) is 4.98. The summed E-state index contributed by atoms with van der Waals surface area (Å²) in [7, 11) is -2.78. The van der Waals surface area contributed by atoms with Gasteiger partial charge in [-0.1, -0.05) is 19.3 Å². The molecule has 0 amide bonds. The Balaban J connectivity index is 1.77. The van der Waals surface area contributed by atoms with Gasteiger partial charge in [-0.15, -0.1) is 0 Å². The zero-order chi connectivity index (χ0) is 12.3. The Labute approximate surface area is 105 Å². The number of nitrogens with one attached hydrogen (secondary N) is 1. The molecule has 2 unspecified atom stereocenters. The SMILES string of the molecule is CC(NCC1CCCS1(=O)=O)C1CCCCC1. The molecule has 0 bridgehead atoms. The van der Waals surface area contributed by atoms with Crippen molar-refractivity contribution in [1.29, 1.82) is 0 Å². The molecule has 1 aliphatic carbocycles. The first kappa shape index (κ1) is 13.3. The fourth-order valence-electron chi connectivity index (χ4n) is 3.21. The average molecular weight is 259 g/mol. The van der Waals surface area contributed by atoms with E-state index in [0.29, 0.717) is 18.3 Å². The van der Waals surface area contributed by atoms with Crippen LogP contribution in [0.3, 0.4) is 0 Å². The number of hydrogen-bond donors (Lipinski definition) is 1. The van der Waals surface area contributed by atoms with Crippen LogP contribution in [-0.2, 0) is 9.84 Å². The van der Waals surface area contributed by atoms with Gasteiger partial charge in [0.25, 0.3) is 0 Å². The van der Waals surface area contributed by atoms with E-state index in [1.807, 2.05) is 0 Å². The van der Waals surface area contributed by atoms with Crippen molar-refractivity contribution in [3.8, 4) is 0 Å². The molecule has 100 valence electrons. The summed E-state index contributed by atoms with van der Waals surface area (Å²) in [5.74, 6) is 1.16. The van der Waals surface area contributed by atoms with Gasteiger partial charge in [0, 0.05) is 12.6 Å². The molecular weight excluding hydrogens is 234 g/mol. The van der Waals surface area contributed by atoms with E-state index in [9.17, 15) is 8.42 Å². The minimum Gasteiger partial charge on any atom is -0.313 e. The zero-order valence-electron chi connectivity index (χ0n) is 10.8. The summed E-state index contributed by atoms with van der Waals surface area (Å²) in [5, 5.41) is 3.35. The molecule has 2 atom stereocenters. The van der Waals surface area contributed by atoms with Crippen molar-refractivity contribution in [3.05, 3.63) is 0 Å². The van der Waals surface area contributed by atoms with E-state index < -0.39 is 9.84 Å². The molecule has 17 heavy (non-hydrogen) atoms. The Kier molecular flexibility index (Phi) is 4.47. The predicted molar refractivity (Wildman–Crippen MR) is 70.8 cm³/mol. The van der Waals surface area contributed by atoms with Crippen molar-refractivity contribution in [2.75, 3.05) is 12.3 Å². The van der Waals surface area contributed by atoms with E-state index in [2.05, 4.69) is 12.2 Å². The molecular formula is C13H25NO2S. The maximum Gasteiger partial charge on any atom is 0.154 e. The Morgan fingerprint density at radius 3 is 2.41 bits per heavy atom. The van der Waals surface area contributed by atoms with E-state index in [-0.39, 0.29) is 5.25 Å². The standard InChI is InChI=1S/C13H25NO2S/c1-11(12-6-3-2-4-7-12)14-10-13-8-5-9-17(13,15)16/h11-14H,2-10H2,1H3. The molecule has 0 spiro atoms. The summed E-state index contributed by atoms with van der Waals surface area (Å²) in [6.07, 6.45) is 8.40. The van der Waals surface area contributed by atoms with Crippen LogP contribution in [0.5, 0.6) is 0 Å². The summed E-state index contributed by atoms with van der Waals surface area (Å²) in [6.45, 7) is 2.89. The maximum absolute atomic E-state index is 11.7. The van der Waals surface area contributed by atoms with Gasteiger partial charge < -0.3 is 5.32 Å². The Morgan fingerprint density at radius 1 is 1.12 bits per heavy atom. The number of rotatable bonds is 4. The van der Waals surface area contributed by atoms with Gasteiger partial charge >= 0.3 is 0 Å². The first-order valence-corrected chi connectivity index (χ1v) is 8.76. The van der Waals surface area contributed by atoms with Crippen LogP contribution < -0.4 is 5.32 Å². The smallest absolute Gasteiger partial charge is 0.154 e. The highest BCUT2D eigenvalue weighted by Gasteiger charge is 2.31. The second-order valence-corrected chi connectivity index (χ2v) is 8.13. The third kappa shape index (κ3) is 3.44. The summed E-state index contributed by atoms with van der Waals surface area (Å²) >= 11 is 0. The molecule has 0 aromatic heterocycles. The van der Waals surface area contributed by atoms with Crippen LogP contribution in [-0.4, -0.2) is 32.0 Å². The molecule has 1 aliphatic heterocycles. The van der Waals surface area contributed by atoms with E-state index in [1.54, 1.807) is 0 Å². The van der Waals surface area contributed by atoms with Gasteiger partial charge in [-0.3, -0.25) is 0 Å². The molecule has 0 radical (unpaired) electrons. The van der Waals surface area contributed by atoms with Crippen molar-refractivity contribution in [2.24, 2.45) is 5.92 Å². The highest BCUT2D eigenvalue weighted by molar-refractivity contribution is 7.92. The third-order valence-electron chi connectivity index (χ3n) is 4.49. The second kappa shape index (κ2) is 5.70. The monoisotopic (exact) mass is 259 g/mol. The third-order valence-corrected chi connectivity index (χ3v) is 6.76. The molecule has 1 saturated heterocycles. The van der Waals surface area contributed by atoms with Crippen LogP contribution in [0.1, 0.15) is 51.9 Å². The first-order valence-electron chi connectivity index (χ1n) is 7.04. The van der Waals surface area contributed by atoms with Crippen LogP contribution in [0.25, 0.3) is 0 Å². The minimum atomic E-state index is -2.78. The van der Waals surface area contributed by atoms with E-state index in [4.69, 9.17) is 0 Å². The van der Waals surface area contributed by atoms with Crippen molar-refractivity contribution < 1.29 is 8.42 Å². The summed E-state index contributed by atoms with van der Waals surface area (Å²) in [6, 6.07) is 0.478. The second-order valence-electron chi connectivity index (χ2n) is 5.73. The maximum atomic E-state index is 11.7. The lowest BCUT2D eigenvalue weighted by Gasteiger charge is -2.29. The Bertz CT molecular complexity index is 333. The molecule has 0 aromatic carbocycles. The Hall–Kier alpha value is -0.0900. The number of sulfone groups is 1. The quantitative estimate of drug-likeness (QED) is 0.841. The van der Waals surface area contributed by atoms with Gasteiger partial charge in [-0.05, 0) is 38.5 Å². The van der Waals surface area contributed by atoms with Gasteiger partial charge in [0.2, 0.25) is 0 Å². The predicted octanol–water partition coefficient (Wildman–Crippen LogP) is 2.12. The molecule has 0 aromatic rings. The molecule has 1 N–H and O–H groups in total. The lowest BCUT2D eigenvalue weighted by Crippen LogP contribution is -2.40. The van der Waals surface area contributed by atoms with Gasteiger partial charge in [0.15, 0.2) is 9.84 Å². The van der Waals surface area contributed by atoms with Crippen LogP contribution in [0.15, 0.2) is 0 Å². The van der Waals surface area contributed by atoms with Crippen molar-refractivity contribution in [2.45, 2.75) is 63.2 Å². The van der Waals surface area contributed by atoms with Crippen molar-refractivity contribution >= 4 is 9.84 Å². The summed E-state index contributed by atoms with van der Waals surface area (Å²) in [5.41, 5.74) is 0. The zero-order valence-corrected chi connectivity index (χ0v) is 11.6. The molecule has 4 heteroatoms. The van der Waals surface area contributed by atoms with E-state index >= 15 is 0 Å². The minimum absolute atomic E-state index is 0.117. The largest absolute Gasteiger partial charge is 0.313 e. The van der Waals surface area contributed by atoms with Gasteiger partial charge in [-0.25, -0.2) is 8.42 Å². The molecule has 2 rings (SSSR count). The molecule has 1 heterocycles. The molecule has 2 fully saturated rings. The molecule has 3 nitrogen and oxygen atoms in total. The van der Waals surface area contributed by atoms with E-state index in [0.717, 1.165) is 18.8 Å². The van der Waals surface area contributed by atoms with Gasteiger partial charge in [0.1, 0.15) is 0 Å². The van der Waals surface area contributed by atoms with Crippen molar-refractivity contribution in [1.82, 2.24) is 5.32 Å². The van der Waals surface area contributed by atoms with Crippen LogP contribution in [0.2, 0.25) is 0 Å². The molecule has 2 aliphatic rings. The highest BCUT2D eigenvalue weighted by atomic mass is 32.2.